The number of hydrogen-bond acceptors (Lipinski definition) is 4. The lowest BCUT2D eigenvalue weighted by molar-refractivity contribution is -0.110. The minimum atomic E-state index is -0.113. The highest BCUT2D eigenvalue weighted by Gasteiger charge is 1.91. The molecule has 1 heterocycles. The number of carbonyl (C=O) groups is 1. The van der Waals surface area contributed by atoms with Crippen LogP contribution in [0.2, 0.25) is 0 Å². The van der Waals surface area contributed by atoms with Crippen LogP contribution in [0, 0.1) is 6.92 Å². The summed E-state index contributed by atoms with van der Waals surface area (Å²) in [6.45, 7) is 7.68. The third-order valence-corrected chi connectivity index (χ3v) is 1.59. The molecule has 1 amide bonds. The molecule has 17 heavy (non-hydrogen) atoms. The second kappa shape index (κ2) is 12.5. The van der Waals surface area contributed by atoms with Crippen LogP contribution < -0.4 is 10.6 Å². The summed E-state index contributed by atoms with van der Waals surface area (Å²) < 4.78 is 0. The Kier molecular flexibility index (Phi) is 13.1. The van der Waals surface area contributed by atoms with Crippen molar-refractivity contribution >= 4 is 12.2 Å². The van der Waals surface area contributed by atoms with Crippen LogP contribution in [0.25, 0.3) is 0 Å². The maximum Gasteiger partial charge on any atom is 0.207 e. The van der Waals surface area contributed by atoms with E-state index in [9.17, 15) is 4.79 Å². The smallest absolute Gasteiger partial charge is 0.207 e. The van der Waals surface area contributed by atoms with Crippen molar-refractivity contribution < 1.29 is 9.90 Å². The number of hydrogen-bond donors (Lipinski definition) is 4. The summed E-state index contributed by atoms with van der Waals surface area (Å²) in [5.74, 6) is 0.891. The molecular weight excluding hydrogens is 220 g/mol. The lowest BCUT2D eigenvalue weighted by Crippen LogP contribution is -2.27. The van der Waals surface area contributed by atoms with Crippen molar-refractivity contribution in [1.29, 1.82) is 0 Å². The first-order valence-electron chi connectivity index (χ1n) is 5.64. The topological polar surface area (TPSA) is 90.0 Å². The number of rotatable bonds is 4. The Morgan fingerprint density at radius 1 is 1.59 bits per heavy atom. The van der Waals surface area contributed by atoms with E-state index in [1.807, 2.05) is 33.9 Å². The molecule has 1 atom stereocenters. The van der Waals surface area contributed by atoms with Gasteiger partial charge >= 0.3 is 0 Å². The van der Waals surface area contributed by atoms with Crippen molar-refractivity contribution in [2.45, 2.75) is 33.7 Å². The van der Waals surface area contributed by atoms with Crippen molar-refractivity contribution in [3.8, 4) is 0 Å². The van der Waals surface area contributed by atoms with Crippen molar-refractivity contribution in [1.82, 2.24) is 15.5 Å². The number of amides is 1. The summed E-state index contributed by atoms with van der Waals surface area (Å²) in [7, 11) is 1.84. The van der Waals surface area contributed by atoms with E-state index in [1.54, 1.807) is 6.92 Å². The minimum absolute atomic E-state index is 0.00125. The number of aliphatic hydroxyl groups excluding tert-OH is 1. The summed E-state index contributed by atoms with van der Waals surface area (Å²) in [4.78, 5) is 9.55. The van der Waals surface area contributed by atoms with Gasteiger partial charge in [-0.1, -0.05) is 13.8 Å². The first kappa shape index (κ1) is 17.8. The molecule has 0 saturated heterocycles. The van der Waals surface area contributed by atoms with Gasteiger partial charge in [-0.3, -0.25) is 9.89 Å². The van der Waals surface area contributed by atoms with E-state index in [-0.39, 0.29) is 12.6 Å². The average molecular weight is 244 g/mol. The van der Waals surface area contributed by atoms with Gasteiger partial charge in [-0.15, -0.1) is 0 Å². The van der Waals surface area contributed by atoms with Gasteiger partial charge in [0, 0.05) is 24.8 Å². The van der Waals surface area contributed by atoms with E-state index in [1.165, 1.54) is 0 Å². The zero-order chi connectivity index (χ0) is 13.7. The summed E-state index contributed by atoms with van der Waals surface area (Å²) in [6, 6.07) is 1.83. The summed E-state index contributed by atoms with van der Waals surface area (Å²) >= 11 is 0. The van der Waals surface area contributed by atoms with E-state index >= 15 is 0 Å². The molecule has 1 rings (SSSR count). The Labute approximate surface area is 103 Å². The molecule has 0 fully saturated rings. The minimum Gasteiger partial charge on any atom is -0.394 e. The molecule has 0 aliphatic carbocycles. The molecule has 100 valence electrons. The highest BCUT2D eigenvalue weighted by molar-refractivity contribution is 5.46. The van der Waals surface area contributed by atoms with Crippen LogP contribution in [-0.2, 0) is 4.79 Å². The van der Waals surface area contributed by atoms with Crippen LogP contribution in [0.15, 0.2) is 6.07 Å². The SMILES string of the molecule is CC.CC(CO)NC=O.CNc1cc(C)[nH]n1. The summed E-state index contributed by atoms with van der Waals surface area (Å²) in [5.41, 5.74) is 1.08. The van der Waals surface area contributed by atoms with Crippen molar-refractivity contribution in [2.24, 2.45) is 0 Å². The van der Waals surface area contributed by atoms with Crippen LogP contribution >= 0.6 is 0 Å². The Balaban J connectivity index is 0. The molecule has 0 aliphatic rings. The maximum absolute atomic E-state index is 9.55. The van der Waals surface area contributed by atoms with E-state index in [2.05, 4.69) is 20.8 Å². The van der Waals surface area contributed by atoms with Crippen LogP contribution in [0.1, 0.15) is 26.5 Å². The number of nitrogens with zero attached hydrogens (tertiary/aromatic N) is 1. The third kappa shape index (κ3) is 10.7. The number of aliphatic hydroxyl groups is 1. The fraction of sp³-hybridized carbons (Fsp3) is 0.636. The predicted octanol–water partition coefficient (Wildman–Crippen LogP) is 0.899. The number of nitrogens with one attached hydrogen (secondary N) is 3. The molecule has 1 aromatic rings. The number of carbonyl (C=O) groups excluding carboxylic acids is 1. The fourth-order valence-corrected chi connectivity index (χ4v) is 0.715. The first-order chi connectivity index (χ1) is 8.13. The highest BCUT2D eigenvalue weighted by atomic mass is 16.3. The molecular formula is C11H24N4O2. The molecule has 0 radical (unpaired) electrons. The lowest BCUT2D eigenvalue weighted by Gasteiger charge is -2.01. The van der Waals surface area contributed by atoms with Crippen molar-refractivity contribution in [3.05, 3.63) is 11.8 Å². The average Bonchev–Trinajstić information content (AvgIpc) is 2.79. The van der Waals surface area contributed by atoms with Gasteiger partial charge in [0.2, 0.25) is 6.41 Å². The normalized spacial score (nSPS) is 10.0. The lowest BCUT2D eigenvalue weighted by atomic mass is 10.4. The number of aromatic nitrogens is 2. The largest absolute Gasteiger partial charge is 0.394 e. The van der Waals surface area contributed by atoms with E-state index < -0.39 is 0 Å². The molecule has 0 spiro atoms. The number of anilines is 1. The molecule has 1 unspecified atom stereocenters. The van der Waals surface area contributed by atoms with Gasteiger partial charge in [0.25, 0.3) is 0 Å². The number of H-pyrrole nitrogens is 1. The molecule has 0 aliphatic heterocycles. The molecule has 6 heteroatoms. The first-order valence-corrected chi connectivity index (χ1v) is 5.64. The standard InChI is InChI=1S/C5H9N3.C4H9NO2.C2H6/c1-4-3-5(6-2)8-7-4;1-4(2-6)5-3-7;1-2/h3H,1-2H3,(H2,6,7,8);3-4,6H,2H2,1H3,(H,5,7);1-2H3. The number of aryl methyl sites for hydroxylation is 1. The van der Waals surface area contributed by atoms with Gasteiger partial charge < -0.3 is 15.7 Å². The molecule has 4 N–H and O–H groups in total. The van der Waals surface area contributed by atoms with Gasteiger partial charge in [0.05, 0.1) is 6.61 Å². The summed E-state index contributed by atoms with van der Waals surface area (Å²) in [5, 5.41) is 20.2. The number of aromatic amines is 1. The molecule has 0 saturated carbocycles. The van der Waals surface area contributed by atoms with E-state index in [0.29, 0.717) is 6.41 Å². The predicted molar refractivity (Wildman–Crippen MR) is 70.0 cm³/mol. The van der Waals surface area contributed by atoms with Gasteiger partial charge in [-0.25, -0.2) is 0 Å². The Morgan fingerprint density at radius 3 is 2.35 bits per heavy atom. The van der Waals surface area contributed by atoms with Gasteiger partial charge in [-0.2, -0.15) is 5.10 Å². The quantitative estimate of drug-likeness (QED) is 0.592. The monoisotopic (exact) mass is 244 g/mol. The van der Waals surface area contributed by atoms with Gasteiger partial charge in [0.1, 0.15) is 5.82 Å². The van der Waals surface area contributed by atoms with E-state index in [4.69, 9.17) is 5.11 Å². The maximum atomic E-state index is 9.55. The van der Waals surface area contributed by atoms with Crippen LogP contribution in [0.3, 0.4) is 0 Å². The molecule has 6 nitrogen and oxygen atoms in total. The van der Waals surface area contributed by atoms with Crippen LogP contribution in [0.4, 0.5) is 5.82 Å². The van der Waals surface area contributed by atoms with Gasteiger partial charge in [0.15, 0.2) is 0 Å². The van der Waals surface area contributed by atoms with Crippen molar-refractivity contribution in [3.63, 3.8) is 0 Å². The van der Waals surface area contributed by atoms with Crippen LogP contribution in [0.5, 0.6) is 0 Å². The molecule has 0 aromatic carbocycles. The Bertz CT molecular complexity index is 276. The zero-order valence-corrected chi connectivity index (χ0v) is 11.2. The molecule has 1 aromatic heterocycles. The van der Waals surface area contributed by atoms with E-state index in [0.717, 1.165) is 11.5 Å². The Morgan fingerprint density at radius 2 is 2.18 bits per heavy atom. The highest BCUT2D eigenvalue weighted by Crippen LogP contribution is 2.00. The Hall–Kier alpha value is -1.56. The second-order valence-electron chi connectivity index (χ2n) is 3.05. The zero-order valence-electron chi connectivity index (χ0n) is 11.2. The fourth-order valence-electron chi connectivity index (χ4n) is 0.715. The molecule has 0 bridgehead atoms. The second-order valence-corrected chi connectivity index (χ2v) is 3.05. The van der Waals surface area contributed by atoms with Crippen molar-refractivity contribution in [2.75, 3.05) is 19.0 Å². The summed E-state index contributed by atoms with van der Waals surface area (Å²) in [6.07, 6.45) is 0.570. The van der Waals surface area contributed by atoms with Crippen LogP contribution in [-0.4, -0.2) is 41.4 Å². The van der Waals surface area contributed by atoms with Gasteiger partial charge in [-0.05, 0) is 13.8 Å². The third-order valence-electron chi connectivity index (χ3n) is 1.59.